The average Bonchev–Trinajstić information content (AvgIpc) is 2.57. The van der Waals surface area contributed by atoms with Gasteiger partial charge in [0.2, 0.25) is 0 Å². The van der Waals surface area contributed by atoms with Crippen molar-refractivity contribution in [2.24, 2.45) is 0 Å². The normalized spacial score (nSPS) is 13.1. The highest BCUT2D eigenvalue weighted by Gasteiger charge is 2.11. The summed E-state index contributed by atoms with van der Waals surface area (Å²) in [6.07, 6.45) is 5.84. The molecule has 1 aliphatic rings. The van der Waals surface area contributed by atoms with Gasteiger partial charge in [-0.3, -0.25) is 4.79 Å². The Bertz CT molecular complexity index is 521. The second-order valence-electron chi connectivity index (χ2n) is 3.96. The second kappa shape index (κ2) is 5.74. The molecule has 1 N–H and O–H groups in total. The Labute approximate surface area is 111 Å². The van der Waals surface area contributed by atoms with Crippen molar-refractivity contribution in [1.82, 2.24) is 5.32 Å². The lowest BCUT2D eigenvalue weighted by Crippen LogP contribution is -2.24. The number of carbonyl (C=O) groups is 1. The molecule has 0 radical (unpaired) electrons. The Morgan fingerprint density at radius 1 is 1.44 bits per heavy atom. The van der Waals surface area contributed by atoms with Crippen LogP contribution < -0.4 is 10.1 Å². The third-order valence-corrected chi connectivity index (χ3v) is 2.76. The van der Waals surface area contributed by atoms with E-state index < -0.39 is 0 Å². The van der Waals surface area contributed by atoms with Crippen LogP contribution in [0.2, 0.25) is 5.02 Å². The highest BCUT2D eigenvalue weighted by atomic mass is 35.5. The molecule has 0 spiro atoms. The van der Waals surface area contributed by atoms with Crippen molar-refractivity contribution in [2.75, 3.05) is 6.54 Å². The molecule has 4 heteroatoms. The van der Waals surface area contributed by atoms with Crippen LogP contribution in [0, 0.1) is 0 Å². The van der Waals surface area contributed by atoms with Crippen LogP contribution in [-0.2, 0) is 4.79 Å². The maximum Gasteiger partial charge on any atom is 0.251 e. The van der Waals surface area contributed by atoms with Gasteiger partial charge in [-0.2, -0.15) is 0 Å². The smallest absolute Gasteiger partial charge is 0.251 e. The number of amides is 1. The van der Waals surface area contributed by atoms with Crippen LogP contribution in [0.3, 0.4) is 0 Å². The van der Waals surface area contributed by atoms with Crippen LogP contribution >= 0.6 is 11.6 Å². The van der Waals surface area contributed by atoms with Crippen molar-refractivity contribution >= 4 is 23.6 Å². The number of hydrogen-bond acceptors (Lipinski definition) is 2. The lowest BCUT2D eigenvalue weighted by atomic mass is 10.1. The lowest BCUT2D eigenvalue weighted by molar-refractivity contribution is -0.117. The third-order valence-electron chi connectivity index (χ3n) is 2.52. The van der Waals surface area contributed by atoms with E-state index in [0.29, 0.717) is 22.9 Å². The maximum atomic E-state index is 11.9. The Morgan fingerprint density at radius 2 is 2.28 bits per heavy atom. The molecular formula is C14H14ClNO2. The Balaban J connectivity index is 2.29. The Hall–Kier alpha value is -1.74. The molecule has 1 amide bonds. The minimum Gasteiger partial charge on any atom is -0.464 e. The molecular weight excluding hydrogens is 250 g/mol. The first-order chi connectivity index (χ1) is 8.70. The van der Waals surface area contributed by atoms with Gasteiger partial charge in [0, 0.05) is 22.7 Å². The van der Waals surface area contributed by atoms with E-state index in [-0.39, 0.29) is 5.91 Å². The minimum atomic E-state index is -0.107. The highest BCUT2D eigenvalue weighted by molar-refractivity contribution is 6.30. The van der Waals surface area contributed by atoms with Crippen LogP contribution in [0.4, 0.5) is 0 Å². The van der Waals surface area contributed by atoms with Gasteiger partial charge in [0.15, 0.2) is 0 Å². The zero-order chi connectivity index (χ0) is 13.0. The number of hydrogen-bond donors (Lipinski definition) is 1. The van der Waals surface area contributed by atoms with Crippen LogP contribution in [-0.4, -0.2) is 12.5 Å². The lowest BCUT2D eigenvalue weighted by Gasteiger charge is -2.04. The molecule has 0 saturated heterocycles. The second-order valence-corrected chi connectivity index (χ2v) is 4.39. The van der Waals surface area contributed by atoms with Gasteiger partial charge in [0.05, 0.1) is 6.26 Å². The summed E-state index contributed by atoms with van der Waals surface area (Å²) >= 11 is 5.94. The standard InChI is InChI=1S/C14H14ClNO2/c1-2-6-16-14(17)10-5-7-18-13-4-3-12(15)9-11(13)8-10/h3-5,7-9H,2,6H2,1H3,(H,16,17). The summed E-state index contributed by atoms with van der Waals surface area (Å²) in [6.45, 7) is 2.67. The average molecular weight is 264 g/mol. The summed E-state index contributed by atoms with van der Waals surface area (Å²) in [5.41, 5.74) is 1.36. The van der Waals surface area contributed by atoms with E-state index in [2.05, 4.69) is 5.32 Å². The zero-order valence-electron chi connectivity index (χ0n) is 10.1. The van der Waals surface area contributed by atoms with Gasteiger partial charge in [0.1, 0.15) is 5.75 Å². The minimum absolute atomic E-state index is 0.107. The van der Waals surface area contributed by atoms with Gasteiger partial charge in [-0.05, 0) is 36.8 Å². The van der Waals surface area contributed by atoms with Gasteiger partial charge in [0.25, 0.3) is 5.91 Å². The maximum absolute atomic E-state index is 11.9. The van der Waals surface area contributed by atoms with Crippen LogP contribution in [0.25, 0.3) is 6.08 Å². The van der Waals surface area contributed by atoms with Gasteiger partial charge in [-0.1, -0.05) is 18.5 Å². The fraction of sp³-hybridized carbons (Fsp3) is 0.214. The third kappa shape index (κ3) is 2.93. The molecule has 0 bridgehead atoms. The monoisotopic (exact) mass is 263 g/mol. The van der Waals surface area contributed by atoms with Gasteiger partial charge in [-0.15, -0.1) is 0 Å². The first-order valence-corrected chi connectivity index (χ1v) is 6.21. The number of ether oxygens (including phenoxy) is 1. The first-order valence-electron chi connectivity index (χ1n) is 5.83. The number of halogens is 1. The van der Waals surface area contributed by atoms with Crippen LogP contribution in [0.5, 0.6) is 5.75 Å². The summed E-state index contributed by atoms with van der Waals surface area (Å²) in [5, 5.41) is 3.44. The largest absolute Gasteiger partial charge is 0.464 e. The summed E-state index contributed by atoms with van der Waals surface area (Å²) in [4.78, 5) is 11.9. The van der Waals surface area contributed by atoms with E-state index in [9.17, 15) is 4.79 Å². The molecule has 1 aromatic carbocycles. The molecule has 0 aromatic heterocycles. The molecule has 0 fully saturated rings. The van der Waals surface area contributed by atoms with Crippen LogP contribution in [0.1, 0.15) is 18.9 Å². The number of benzene rings is 1. The van der Waals surface area contributed by atoms with E-state index in [4.69, 9.17) is 16.3 Å². The van der Waals surface area contributed by atoms with Gasteiger partial charge >= 0.3 is 0 Å². The summed E-state index contributed by atoms with van der Waals surface area (Å²) in [6, 6.07) is 5.31. The molecule has 2 rings (SSSR count). The molecule has 94 valence electrons. The predicted octanol–water partition coefficient (Wildman–Crippen LogP) is 3.16. The van der Waals surface area contributed by atoms with E-state index in [1.807, 2.05) is 6.92 Å². The Morgan fingerprint density at radius 3 is 3.06 bits per heavy atom. The Kier molecular flexibility index (Phi) is 4.05. The van der Waals surface area contributed by atoms with Crippen molar-refractivity contribution in [1.29, 1.82) is 0 Å². The SMILES string of the molecule is CCCNC(=O)C1=Cc2cc(Cl)ccc2OC=C1. The topological polar surface area (TPSA) is 38.3 Å². The van der Waals surface area contributed by atoms with Crippen molar-refractivity contribution in [3.63, 3.8) is 0 Å². The van der Waals surface area contributed by atoms with Gasteiger partial charge < -0.3 is 10.1 Å². The van der Waals surface area contributed by atoms with E-state index in [0.717, 1.165) is 12.0 Å². The summed E-state index contributed by atoms with van der Waals surface area (Å²) in [7, 11) is 0. The number of nitrogens with one attached hydrogen (secondary N) is 1. The number of carbonyl (C=O) groups excluding carboxylic acids is 1. The van der Waals surface area contributed by atoms with Gasteiger partial charge in [-0.25, -0.2) is 0 Å². The molecule has 1 aliphatic heterocycles. The van der Waals surface area contributed by atoms with Crippen LogP contribution in [0.15, 0.2) is 36.1 Å². The van der Waals surface area contributed by atoms with E-state index in [1.165, 1.54) is 6.26 Å². The molecule has 1 aromatic rings. The number of fused-ring (bicyclic) bond motifs is 1. The van der Waals surface area contributed by atoms with E-state index >= 15 is 0 Å². The number of rotatable bonds is 3. The van der Waals surface area contributed by atoms with Crippen molar-refractivity contribution in [2.45, 2.75) is 13.3 Å². The van der Waals surface area contributed by atoms with Crippen molar-refractivity contribution < 1.29 is 9.53 Å². The quantitative estimate of drug-likeness (QED) is 0.910. The molecule has 18 heavy (non-hydrogen) atoms. The molecule has 0 atom stereocenters. The molecule has 3 nitrogen and oxygen atoms in total. The fourth-order valence-corrected chi connectivity index (χ4v) is 1.80. The summed E-state index contributed by atoms with van der Waals surface area (Å²) in [5.74, 6) is 0.582. The van der Waals surface area contributed by atoms with Crippen molar-refractivity contribution in [3.05, 3.63) is 46.7 Å². The van der Waals surface area contributed by atoms with Crippen molar-refractivity contribution in [3.8, 4) is 5.75 Å². The highest BCUT2D eigenvalue weighted by Crippen LogP contribution is 2.27. The fourth-order valence-electron chi connectivity index (χ4n) is 1.62. The predicted molar refractivity (Wildman–Crippen MR) is 72.5 cm³/mol. The molecule has 0 aliphatic carbocycles. The van der Waals surface area contributed by atoms with E-state index in [1.54, 1.807) is 30.4 Å². The molecule has 0 unspecified atom stereocenters. The zero-order valence-corrected chi connectivity index (χ0v) is 10.8. The first kappa shape index (κ1) is 12.7. The molecule has 1 heterocycles. The summed E-state index contributed by atoms with van der Waals surface area (Å²) < 4.78 is 5.42. The molecule has 0 saturated carbocycles.